The Bertz CT molecular complexity index is 389. The molecule has 1 aliphatic rings. The van der Waals surface area contributed by atoms with Crippen molar-refractivity contribution in [2.75, 3.05) is 13.7 Å². The van der Waals surface area contributed by atoms with Gasteiger partial charge in [0.05, 0.1) is 13.2 Å². The van der Waals surface area contributed by atoms with Gasteiger partial charge >= 0.3 is 0 Å². The van der Waals surface area contributed by atoms with Crippen LogP contribution in [0.3, 0.4) is 0 Å². The Balaban J connectivity index is 2.20. The molecule has 1 atom stereocenters. The van der Waals surface area contributed by atoms with Crippen molar-refractivity contribution in [3.05, 3.63) is 23.9 Å². The number of hydrogen-bond acceptors (Lipinski definition) is 3. The maximum atomic E-state index is 11.6. The van der Waals surface area contributed by atoms with Crippen molar-refractivity contribution in [3.8, 4) is 5.88 Å². The van der Waals surface area contributed by atoms with Gasteiger partial charge in [-0.15, -0.1) is 0 Å². The molecule has 0 aliphatic carbocycles. The summed E-state index contributed by atoms with van der Waals surface area (Å²) in [6.45, 7) is 2.49. The van der Waals surface area contributed by atoms with Crippen LogP contribution in [0.4, 0.5) is 0 Å². The number of hydrogen-bond donors (Lipinski definition) is 0. The molecule has 0 unspecified atom stereocenters. The van der Waals surface area contributed by atoms with E-state index in [-0.39, 0.29) is 11.9 Å². The topological polar surface area (TPSA) is 42.4 Å². The lowest BCUT2D eigenvalue weighted by molar-refractivity contribution is -0.132. The minimum absolute atomic E-state index is 0.144. The number of rotatable bonds is 2. The first kappa shape index (κ1) is 11.9. The van der Waals surface area contributed by atoms with Crippen LogP contribution in [-0.2, 0) is 4.79 Å². The van der Waals surface area contributed by atoms with Crippen LogP contribution in [-0.4, -0.2) is 29.4 Å². The molecule has 1 saturated heterocycles. The number of aromatic nitrogens is 1. The van der Waals surface area contributed by atoms with Crippen molar-refractivity contribution >= 4 is 5.91 Å². The standard InChI is InChI=1S/C13H18N2O2/c1-10(16)15-8-4-3-5-12(15)11-6-7-13(17-2)14-9-11/h6-7,9,12H,3-5,8H2,1-2H3/t12-/m1/s1. The van der Waals surface area contributed by atoms with Crippen LogP contribution in [0.1, 0.15) is 37.8 Å². The normalized spacial score (nSPS) is 20.1. The van der Waals surface area contributed by atoms with E-state index in [0.717, 1.165) is 24.9 Å². The third-order valence-electron chi connectivity index (χ3n) is 3.26. The fourth-order valence-electron chi connectivity index (χ4n) is 2.36. The zero-order valence-electron chi connectivity index (χ0n) is 10.3. The van der Waals surface area contributed by atoms with Gasteiger partial charge < -0.3 is 9.64 Å². The fourth-order valence-corrected chi connectivity index (χ4v) is 2.36. The summed E-state index contributed by atoms with van der Waals surface area (Å²) in [6.07, 6.45) is 5.10. The highest BCUT2D eigenvalue weighted by Gasteiger charge is 2.25. The van der Waals surface area contributed by atoms with Crippen LogP contribution in [0.15, 0.2) is 18.3 Å². The van der Waals surface area contributed by atoms with Gasteiger partial charge in [0.25, 0.3) is 0 Å². The molecule has 0 spiro atoms. The molecular weight excluding hydrogens is 216 g/mol. The molecule has 0 radical (unpaired) electrons. The maximum absolute atomic E-state index is 11.6. The van der Waals surface area contributed by atoms with Crippen LogP contribution >= 0.6 is 0 Å². The summed E-state index contributed by atoms with van der Waals surface area (Å²) < 4.78 is 5.04. The predicted molar refractivity (Wildman–Crippen MR) is 64.8 cm³/mol. The first-order chi connectivity index (χ1) is 8.22. The van der Waals surface area contributed by atoms with Gasteiger partial charge in [-0.05, 0) is 24.8 Å². The molecule has 0 bridgehead atoms. The van der Waals surface area contributed by atoms with Gasteiger partial charge in [0.2, 0.25) is 11.8 Å². The molecule has 17 heavy (non-hydrogen) atoms. The molecule has 1 fully saturated rings. The summed E-state index contributed by atoms with van der Waals surface area (Å²) in [5, 5.41) is 0. The van der Waals surface area contributed by atoms with E-state index in [2.05, 4.69) is 4.98 Å². The Morgan fingerprint density at radius 1 is 1.47 bits per heavy atom. The molecule has 2 rings (SSSR count). The van der Waals surface area contributed by atoms with Gasteiger partial charge in [-0.3, -0.25) is 4.79 Å². The van der Waals surface area contributed by atoms with E-state index in [9.17, 15) is 4.79 Å². The van der Waals surface area contributed by atoms with Gasteiger partial charge in [0, 0.05) is 25.7 Å². The number of carbonyl (C=O) groups is 1. The zero-order valence-corrected chi connectivity index (χ0v) is 10.3. The number of likely N-dealkylation sites (tertiary alicyclic amines) is 1. The Morgan fingerprint density at radius 3 is 2.88 bits per heavy atom. The lowest BCUT2D eigenvalue weighted by Crippen LogP contribution is -2.36. The minimum Gasteiger partial charge on any atom is -0.481 e. The van der Waals surface area contributed by atoms with Crippen LogP contribution in [0.2, 0.25) is 0 Å². The Labute approximate surface area is 102 Å². The zero-order chi connectivity index (χ0) is 12.3. The molecule has 4 nitrogen and oxygen atoms in total. The summed E-state index contributed by atoms with van der Waals surface area (Å²) in [5.74, 6) is 0.754. The average Bonchev–Trinajstić information content (AvgIpc) is 2.39. The molecule has 2 heterocycles. The number of nitrogens with zero attached hydrogens (tertiary/aromatic N) is 2. The van der Waals surface area contributed by atoms with Crippen molar-refractivity contribution < 1.29 is 9.53 Å². The molecule has 92 valence electrons. The SMILES string of the molecule is COc1ccc([C@H]2CCCCN2C(C)=O)cn1. The van der Waals surface area contributed by atoms with Crippen molar-refractivity contribution in [2.24, 2.45) is 0 Å². The molecule has 0 saturated carbocycles. The highest BCUT2D eigenvalue weighted by Crippen LogP contribution is 2.30. The maximum Gasteiger partial charge on any atom is 0.219 e. The first-order valence-corrected chi connectivity index (χ1v) is 5.99. The van der Waals surface area contributed by atoms with Crippen molar-refractivity contribution in [2.45, 2.75) is 32.2 Å². The van der Waals surface area contributed by atoms with Crippen LogP contribution in [0.5, 0.6) is 5.88 Å². The van der Waals surface area contributed by atoms with Gasteiger partial charge in [-0.25, -0.2) is 4.98 Å². The van der Waals surface area contributed by atoms with Gasteiger partial charge in [0.15, 0.2) is 0 Å². The third kappa shape index (κ3) is 2.57. The number of ether oxygens (including phenoxy) is 1. The van der Waals surface area contributed by atoms with Crippen LogP contribution in [0, 0.1) is 0 Å². The molecule has 1 aromatic heterocycles. The van der Waals surface area contributed by atoms with Crippen molar-refractivity contribution in [3.63, 3.8) is 0 Å². The number of methoxy groups -OCH3 is 1. The van der Waals surface area contributed by atoms with E-state index in [1.165, 1.54) is 6.42 Å². The van der Waals surface area contributed by atoms with Crippen LogP contribution in [0.25, 0.3) is 0 Å². The Morgan fingerprint density at radius 2 is 2.29 bits per heavy atom. The number of pyridine rings is 1. The van der Waals surface area contributed by atoms with E-state index in [0.29, 0.717) is 5.88 Å². The van der Waals surface area contributed by atoms with Gasteiger partial charge in [0.1, 0.15) is 0 Å². The molecular formula is C13H18N2O2. The van der Waals surface area contributed by atoms with Gasteiger partial charge in [-0.2, -0.15) is 0 Å². The predicted octanol–water partition coefficient (Wildman–Crippen LogP) is 2.16. The van der Waals surface area contributed by atoms with E-state index in [1.807, 2.05) is 23.2 Å². The van der Waals surface area contributed by atoms with E-state index in [1.54, 1.807) is 14.0 Å². The highest BCUT2D eigenvalue weighted by atomic mass is 16.5. The Kier molecular flexibility index (Phi) is 3.61. The minimum atomic E-state index is 0.144. The largest absolute Gasteiger partial charge is 0.481 e. The molecule has 1 amide bonds. The lowest BCUT2D eigenvalue weighted by atomic mass is 9.96. The molecule has 0 aromatic carbocycles. The molecule has 0 N–H and O–H groups in total. The van der Waals surface area contributed by atoms with E-state index >= 15 is 0 Å². The second kappa shape index (κ2) is 5.17. The summed E-state index contributed by atoms with van der Waals surface area (Å²) in [5.41, 5.74) is 1.10. The fraction of sp³-hybridized carbons (Fsp3) is 0.538. The summed E-state index contributed by atoms with van der Waals surface area (Å²) in [7, 11) is 1.60. The van der Waals surface area contributed by atoms with Crippen molar-refractivity contribution in [1.82, 2.24) is 9.88 Å². The molecule has 1 aliphatic heterocycles. The highest BCUT2D eigenvalue weighted by molar-refractivity contribution is 5.73. The van der Waals surface area contributed by atoms with Crippen molar-refractivity contribution in [1.29, 1.82) is 0 Å². The second-order valence-corrected chi connectivity index (χ2v) is 4.36. The average molecular weight is 234 g/mol. The molecule has 1 aromatic rings. The first-order valence-electron chi connectivity index (χ1n) is 5.99. The summed E-state index contributed by atoms with van der Waals surface area (Å²) in [6, 6.07) is 4.03. The molecule has 4 heteroatoms. The van der Waals surface area contributed by atoms with E-state index < -0.39 is 0 Å². The van der Waals surface area contributed by atoms with Gasteiger partial charge in [-0.1, -0.05) is 6.07 Å². The monoisotopic (exact) mass is 234 g/mol. The summed E-state index contributed by atoms with van der Waals surface area (Å²) >= 11 is 0. The van der Waals surface area contributed by atoms with Crippen LogP contribution < -0.4 is 4.74 Å². The lowest BCUT2D eigenvalue weighted by Gasteiger charge is -2.35. The van der Waals surface area contributed by atoms with E-state index in [4.69, 9.17) is 4.74 Å². The number of amides is 1. The third-order valence-corrected chi connectivity index (χ3v) is 3.26. The quantitative estimate of drug-likeness (QED) is 0.787. The second-order valence-electron chi connectivity index (χ2n) is 4.36. The number of carbonyl (C=O) groups excluding carboxylic acids is 1. The smallest absolute Gasteiger partial charge is 0.219 e. The number of piperidine rings is 1. The Hall–Kier alpha value is -1.58. The summed E-state index contributed by atoms with van der Waals surface area (Å²) in [4.78, 5) is 17.7.